The van der Waals surface area contributed by atoms with Gasteiger partial charge < -0.3 is 4.74 Å². The molecular formula is C13H13F3N2O2S. The lowest BCUT2D eigenvalue weighted by Gasteiger charge is -2.08. The second-order valence-corrected chi connectivity index (χ2v) is 5.32. The fraction of sp³-hybridized carbons (Fsp3) is 0.385. The number of imidazole rings is 1. The van der Waals surface area contributed by atoms with Crippen molar-refractivity contribution in [1.29, 1.82) is 0 Å². The minimum absolute atomic E-state index is 0.0445. The van der Waals surface area contributed by atoms with E-state index in [1.54, 1.807) is 6.92 Å². The predicted molar refractivity (Wildman–Crippen MR) is 72.5 cm³/mol. The van der Waals surface area contributed by atoms with Crippen molar-refractivity contribution in [3.05, 3.63) is 29.6 Å². The average Bonchev–Trinajstić information content (AvgIpc) is 2.77. The molecule has 8 heteroatoms. The Morgan fingerprint density at radius 2 is 2.10 bits per heavy atom. The van der Waals surface area contributed by atoms with Crippen LogP contribution < -0.4 is 0 Å². The number of aromatic nitrogens is 2. The van der Waals surface area contributed by atoms with Crippen LogP contribution in [0.15, 0.2) is 23.4 Å². The molecule has 0 saturated carbocycles. The fourth-order valence-electron chi connectivity index (χ4n) is 1.80. The number of carbonyl (C=O) groups is 1. The normalized spacial score (nSPS) is 11.9. The molecule has 2 aromatic rings. The van der Waals surface area contributed by atoms with E-state index in [1.807, 2.05) is 6.92 Å². The van der Waals surface area contributed by atoms with Crippen molar-refractivity contribution in [2.24, 2.45) is 0 Å². The molecule has 0 aliphatic rings. The van der Waals surface area contributed by atoms with Crippen molar-refractivity contribution in [1.82, 2.24) is 9.38 Å². The summed E-state index contributed by atoms with van der Waals surface area (Å²) in [6.07, 6.45) is -3.50. The van der Waals surface area contributed by atoms with Crippen LogP contribution in [-0.2, 0) is 10.9 Å². The molecular weight excluding hydrogens is 305 g/mol. The molecule has 0 spiro atoms. The number of carbonyl (C=O) groups excluding carboxylic acids is 1. The topological polar surface area (TPSA) is 43.6 Å². The lowest BCUT2D eigenvalue weighted by atomic mass is 10.3. The quantitative estimate of drug-likeness (QED) is 0.638. The number of alkyl halides is 3. The summed E-state index contributed by atoms with van der Waals surface area (Å²) in [4.78, 5) is 15.9. The van der Waals surface area contributed by atoms with Crippen LogP contribution in [0.2, 0.25) is 0 Å². The van der Waals surface area contributed by atoms with Crippen molar-refractivity contribution >= 4 is 23.4 Å². The third-order valence-electron chi connectivity index (χ3n) is 2.65. The van der Waals surface area contributed by atoms with E-state index in [4.69, 9.17) is 4.74 Å². The molecule has 0 N–H and O–H groups in total. The molecule has 2 rings (SSSR count). The van der Waals surface area contributed by atoms with Crippen molar-refractivity contribution in [3.63, 3.8) is 0 Å². The van der Waals surface area contributed by atoms with E-state index < -0.39 is 17.7 Å². The Hall–Kier alpha value is -1.70. The molecule has 0 unspecified atom stereocenters. The number of ether oxygens (including phenoxy) is 1. The Balaban J connectivity index is 2.61. The van der Waals surface area contributed by atoms with Crippen LogP contribution in [0.4, 0.5) is 13.2 Å². The van der Waals surface area contributed by atoms with Crippen molar-refractivity contribution in [2.75, 3.05) is 12.4 Å². The number of fused-ring (bicyclic) bond motifs is 1. The van der Waals surface area contributed by atoms with Crippen molar-refractivity contribution < 1.29 is 22.7 Å². The van der Waals surface area contributed by atoms with Crippen LogP contribution in [-0.4, -0.2) is 27.7 Å². The Morgan fingerprint density at radius 1 is 1.38 bits per heavy atom. The molecule has 0 aliphatic heterocycles. The van der Waals surface area contributed by atoms with Gasteiger partial charge in [-0.25, -0.2) is 9.78 Å². The molecule has 0 fully saturated rings. The molecule has 0 amide bonds. The Morgan fingerprint density at radius 3 is 2.67 bits per heavy atom. The van der Waals surface area contributed by atoms with Gasteiger partial charge in [0.05, 0.1) is 12.2 Å². The predicted octanol–water partition coefficient (Wildman–Crippen LogP) is 3.64. The standard InChI is InChI=1S/C13H13F3N2O2S/c1-3-20-12(19)10-11(21-4-2)18-7-8(13(14,15)16)5-6-9(18)17-10/h5-7H,3-4H2,1-2H3. The summed E-state index contributed by atoms with van der Waals surface area (Å²) in [7, 11) is 0. The third-order valence-corrected chi connectivity index (χ3v) is 3.60. The van der Waals surface area contributed by atoms with Gasteiger partial charge in [-0.15, -0.1) is 11.8 Å². The van der Waals surface area contributed by atoms with E-state index in [1.165, 1.54) is 22.2 Å². The number of hydrogen-bond donors (Lipinski definition) is 0. The third kappa shape index (κ3) is 3.15. The molecule has 114 valence electrons. The van der Waals surface area contributed by atoms with E-state index in [0.717, 1.165) is 12.3 Å². The minimum atomic E-state index is -4.45. The van der Waals surface area contributed by atoms with E-state index in [0.29, 0.717) is 10.8 Å². The number of esters is 1. The number of thioether (sulfide) groups is 1. The summed E-state index contributed by atoms with van der Waals surface area (Å²) in [6, 6.07) is 2.18. The zero-order valence-corrected chi connectivity index (χ0v) is 12.2. The summed E-state index contributed by atoms with van der Waals surface area (Å²) in [6.45, 7) is 3.67. The Labute approximate surface area is 123 Å². The molecule has 0 bridgehead atoms. The van der Waals surface area contributed by atoms with Gasteiger partial charge in [-0.3, -0.25) is 4.40 Å². The zero-order valence-electron chi connectivity index (χ0n) is 11.4. The highest BCUT2D eigenvalue weighted by Crippen LogP contribution is 2.32. The van der Waals surface area contributed by atoms with Gasteiger partial charge >= 0.3 is 12.1 Å². The number of hydrogen-bond acceptors (Lipinski definition) is 4. The first kappa shape index (κ1) is 15.7. The molecule has 0 saturated heterocycles. The van der Waals surface area contributed by atoms with Gasteiger partial charge in [0.25, 0.3) is 0 Å². The maximum atomic E-state index is 12.8. The van der Waals surface area contributed by atoms with E-state index in [-0.39, 0.29) is 17.9 Å². The second kappa shape index (κ2) is 5.97. The maximum Gasteiger partial charge on any atom is 0.417 e. The van der Waals surface area contributed by atoms with E-state index in [9.17, 15) is 18.0 Å². The summed E-state index contributed by atoms with van der Waals surface area (Å²) in [5.74, 6) is -0.0399. The maximum absolute atomic E-state index is 12.8. The Bertz CT molecular complexity index is 667. The number of halogens is 3. The molecule has 2 aromatic heterocycles. The highest BCUT2D eigenvalue weighted by Gasteiger charge is 2.31. The molecule has 0 aromatic carbocycles. The summed E-state index contributed by atoms with van der Waals surface area (Å²) >= 11 is 1.24. The first-order valence-corrected chi connectivity index (χ1v) is 7.26. The van der Waals surface area contributed by atoms with Gasteiger partial charge in [0.1, 0.15) is 10.7 Å². The average molecular weight is 318 g/mol. The lowest BCUT2D eigenvalue weighted by Crippen LogP contribution is -2.07. The number of pyridine rings is 1. The second-order valence-electron chi connectivity index (χ2n) is 4.06. The highest BCUT2D eigenvalue weighted by molar-refractivity contribution is 7.99. The lowest BCUT2D eigenvalue weighted by molar-refractivity contribution is -0.137. The largest absolute Gasteiger partial charge is 0.461 e. The van der Waals surface area contributed by atoms with Crippen LogP contribution in [0.5, 0.6) is 0 Å². The molecule has 0 atom stereocenters. The van der Waals surface area contributed by atoms with E-state index >= 15 is 0 Å². The molecule has 0 radical (unpaired) electrons. The summed E-state index contributed by atoms with van der Waals surface area (Å²) in [5, 5.41) is 0.358. The van der Waals surface area contributed by atoms with Gasteiger partial charge in [-0.1, -0.05) is 6.92 Å². The highest BCUT2D eigenvalue weighted by atomic mass is 32.2. The van der Waals surface area contributed by atoms with Crippen LogP contribution >= 0.6 is 11.8 Å². The van der Waals surface area contributed by atoms with E-state index in [2.05, 4.69) is 4.98 Å². The van der Waals surface area contributed by atoms with Gasteiger partial charge in [0, 0.05) is 6.20 Å². The van der Waals surface area contributed by atoms with Crippen LogP contribution in [0.1, 0.15) is 29.9 Å². The summed E-state index contributed by atoms with van der Waals surface area (Å²) < 4.78 is 44.5. The van der Waals surface area contributed by atoms with Crippen LogP contribution in [0, 0.1) is 0 Å². The molecule has 4 nitrogen and oxygen atoms in total. The molecule has 2 heterocycles. The first-order valence-electron chi connectivity index (χ1n) is 6.27. The Kier molecular flexibility index (Phi) is 4.46. The molecule has 21 heavy (non-hydrogen) atoms. The SMILES string of the molecule is CCOC(=O)c1nc2ccc(C(F)(F)F)cn2c1SCC. The van der Waals surface area contributed by atoms with Gasteiger partial charge in [-0.2, -0.15) is 13.2 Å². The summed E-state index contributed by atoms with van der Waals surface area (Å²) in [5.41, 5.74) is -0.467. The van der Waals surface area contributed by atoms with Gasteiger partial charge in [0.2, 0.25) is 0 Å². The smallest absolute Gasteiger partial charge is 0.417 e. The zero-order chi connectivity index (χ0) is 15.6. The van der Waals surface area contributed by atoms with Crippen LogP contribution in [0.25, 0.3) is 5.65 Å². The monoisotopic (exact) mass is 318 g/mol. The van der Waals surface area contributed by atoms with Gasteiger partial charge in [0.15, 0.2) is 5.69 Å². The first-order chi connectivity index (χ1) is 9.88. The minimum Gasteiger partial charge on any atom is -0.461 e. The fourth-order valence-corrected chi connectivity index (χ4v) is 2.62. The number of rotatable bonds is 4. The van der Waals surface area contributed by atoms with Crippen molar-refractivity contribution in [2.45, 2.75) is 25.0 Å². The van der Waals surface area contributed by atoms with Crippen LogP contribution in [0.3, 0.4) is 0 Å². The van der Waals surface area contributed by atoms with Crippen molar-refractivity contribution in [3.8, 4) is 0 Å². The number of nitrogens with zero attached hydrogens (tertiary/aromatic N) is 2. The van der Waals surface area contributed by atoms with Gasteiger partial charge in [-0.05, 0) is 24.8 Å². The molecule has 0 aliphatic carbocycles.